The Morgan fingerprint density at radius 1 is 0.786 bits per heavy atom. The molecular formula is C10H20N2O2. The number of aliphatic hydroxyl groups is 2. The van der Waals surface area contributed by atoms with Crippen LogP contribution in [0.25, 0.3) is 0 Å². The highest BCUT2D eigenvalue weighted by Crippen LogP contribution is 2.18. The molecule has 0 saturated carbocycles. The fourth-order valence-corrected chi connectivity index (χ4v) is 2.47. The van der Waals surface area contributed by atoms with Gasteiger partial charge < -0.3 is 20.8 Å². The molecule has 0 bridgehead atoms. The maximum Gasteiger partial charge on any atom is 0.0567 e. The first-order chi connectivity index (χ1) is 6.75. The molecular weight excluding hydrogens is 180 g/mol. The Morgan fingerprint density at radius 2 is 1.21 bits per heavy atom. The van der Waals surface area contributed by atoms with Gasteiger partial charge in [0, 0.05) is 12.1 Å². The van der Waals surface area contributed by atoms with Crippen LogP contribution < -0.4 is 10.6 Å². The zero-order valence-electron chi connectivity index (χ0n) is 8.45. The van der Waals surface area contributed by atoms with Gasteiger partial charge in [-0.15, -0.1) is 0 Å². The fourth-order valence-electron chi connectivity index (χ4n) is 2.47. The number of hydrogen-bond donors (Lipinski definition) is 4. The van der Waals surface area contributed by atoms with Crippen molar-refractivity contribution >= 4 is 0 Å². The first-order valence-corrected chi connectivity index (χ1v) is 5.58. The Bertz CT molecular complexity index is 169. The highest BCUT2D eigenvalue weighted by molar-refractivity contribution is 4.91. The molecule has 14 heavy (non-hydrogen) atoms. The van der Waals surface area contributed by atoms with Crippen molar-refractivity contribution in [3.63, 3.8) is 0 Å². The molecule has 4 unspecified atom stereocenters. The molecule has 2 fully saturated rings. The van der Waals surface area contributed by atoms with Crippen molar-refractivity contribution < 1.29 is 10.2 Å². The smallest absolute Gasteiger partial charge is 0.0567 e. The van der Waals surface area contributed by atoms with Crippen molar-refractivity contribution in [2.45, 2.75) is 50.0 Å². The number of aliphatic hydroxyl groups excluding tert-OH is 2. The van der Waals surface area contributed by atoms with Crippen molar-refractivity contribution in [2.24, 2.45) is 0 Å². The predicted octanol–water partition coefficient (Wildman–Crippen LogP) is -0.788. The molecule has 82 valence electrons. The summed E-state index contributed by atoms with van der Waals surface area (Å²) in [4.78, 5) is 0. The first kappa shape index (κ1) is 10.4. The van der Waals surface area contributed by atoms with Gasteiger partial charge in [0.25, 0.3) is 0 Å². The van der Waals surface area contributed by atoms with Gasteiger partial charge in [0.15, 0.2) is 0 Å². The summed E-state index contributed by atoms with van der Waals surface area (Å²) in [5, 5.41) is 25.9. The van der Waals surface area contributed by atoms with Crippen LogP contribution in [-0.2, 0) is 0 Å². The minimum atomic E-state index is -0.165. The van der Waals surface area contributed by atoms with E-state index in [1.807, 2.05) is 0 Å². The predicted molar refractivity (Wildman–Crippen MR) is 54.1 cm³/mol. The lowest BCUT2D eigenvalue weighted by Gasteiger charge is -2.37. The molecule has 2 aliphatic heterocycles. The molecule has 0 aromatic carbocycles. The Balaban J connectivity index is 1.86. The third kappa shape index (κ3) is 2.45. The topological polar surface area (TPSA) is 64.5 Å². The summed E-state index contributed by atoms with van der Waals surface area (Å²) in [5.41, 5.74) is 0. The van der Waals surface area contributed by atoms with Gasteiger partial charge >= 0.3 is 0 Å². The monoisotopic (exact) mass is 200 g/mol. The van der Waals surface area contributed by atoms with Gasteiger partial charge in [-0.3, -0.25) is 0 Å². The minimum Gasteiger partial charge on any atom is -0.393 e. The maximum atomic E-state index is 9.55. The average molecular weight is 200 g/mol. The molecule has 0 aromatic heterocycles. The van der Waals surface area contributed by atoms with Crippen molar-refractivity contribution in [3.05, 3.63) is 0 Å². The summed E-state index contributed by atoms with van der Waals surface area (Å²) in [7, 11) is 0. The van der Waals surface area contributed by atoms with E-state index in [1.54, 1.807) is 0 Å². The van der Waals surface area contributed by atoms with Crippen LogP contribution >= 0.6 is 0 Å². The normalized spacial score (nSPS) is 45.0. The van der Waals surface area contributed by atoms with Gasteiger partial charge in [-0.2, -0.15) is 0 Å². The van der Waals surface area contributed by atoms with E-state index in [9.17, 15) is 10.2 Å². The van der Waals surface area contributed by atoms with E-state index in [2.05, 4.69) is 10.6 Å². The molecule has 0 aromatic rings. The molecule has 2 saturated heterocycles. The molecule has 4 atom stereocenters. The van der Waals surface area contributed by atoms with E-state index in [-0.39, 0.29) is 12.2 Å². The SMILES string of the molecule is OC1CCNC(C2CC(O)CCN2)C1. The van der Waals surface area contributed by atoms with Gasteiger partial charge in [-0.25, -0.2) is 0 Å². The van der Waals surface area contributed by atoms with Gasteiger partial charge in [-0.05, 0) is 38.8 Å². The number of piperidine rings is 2. The second-order valence-electron chi connectivity index (χ2n) is 4.48. The van der Waals surface area contributed by atoms with E-state index < -0.39 is 0 Å². The van der Waals surface area contributed by atoms with Gasteiger partial charge in [0.1, 0.15) is 0 Å². The first-order valence-electron chi connectivity index (χ1n) is 5.58. The molecule has 2 rings (SSSR count). The summed E-state index contributed by atoms with van der Waals surface area (Å²) >= 11 is 0. The van der Waals surface area contributed by atoms with Gasteiger partial charge in [0.05, 0.1) is 12.2 Å². The molecule has 4 N–H and O–H groups in total. The van der Waals surface area contributed by atoms with Crippen molar-refractivity contribution in [3.8, 4) is 0 Å². The Labute approximate surface area is 84.7 Å². The van der Waals surface area contributed by atoms with Gasteiger partial charge in [-0.1, -0.05) is 0 Å². The van der Waals surface area contributed by atoms with E-state index >= 15 is 0 Å². The third-order valence-corrected chi connectivity index (χ3v) is 3.31. The van der Waals surface area contributed by atoms with Crippen molar-refractivity contribution in [2.75, 3.05) is 13.1 Å². The number of rotatable bonds is 1. The van der Waals surface area contributed by atoms with Crippen LogP contribution in [0.2, 0.25) is 0 Å². The standard InChI is InChI=1S/C10H20N2O2/c13-7-1-3-11-9(5-7)10-6-8(14)2-4-12-10/h7-14H,1-6H2. The second kappa shape index (κ2) is 4.57. The van der Waals surface area contributed by atoms with E-state index in [4.69, 9.17) is 0 Å². The Hall–Kier alpha value is -0.160. The average Bonchev–Trinajstić information content (AvgIpc) is 2.18. The van der Waals surface area contributed by atoms with Crippen LogP contribution in [0.5, 0.6) is 0 Å². The quantitative estimate of drug-likeness (QED) is 0.448. The minimum absolute atomic E-state index is 0.165. The largest absolute Gasteiger partial charge is 0.393 e. The Morgan fingerprint density at radius 3 is 1.57 bits per heavy atom. The molecule has 0 radical (unpaired) electrons. The highest BCUT2D eigenvalue weighted by Gasteiger charge is 2.30. The highest BCUT2D eigenvalue weighted by atomic mass is 16.3. The summed E-state index contributed by atoms with van der Waals surface area (Å²) in [5.74, 6) is 0. The zero-order valence-corrected chi connectivity index (χ0v) is 8.45. The van der Waals surface area contributed by atoms with Crippen LogP contribution in [0.1, 0.15) is 25.7 Å². The lowest BCUT2D eigenvalue weighted by atomic mass is 9.89. The molecule has 4 heteroatoms. The molecule has 2 aliphatic rings. The summed E-state index contributed by atoms with van der Waals surface area (Å²) in [6.07, 6.45) is 3.00. The van der Waals surface area contributed by atoms with Crippen LogP contribution in [-0.4, -0.2) is 47.6 Å². The second-order valence-corrected chi connectivity index (χ2v) is 4.48. The molecule has 0 aliphatic carbocycles. The van der Waals surface area contributed by atoms with E-state index in [0.29, 0.717) is 12.1 Å². The lowest BCUT2D eigenvalue weighted by molar-refractivity contribution is 0.0712. The maximum absolute atomic E-state index is 9.55. The summed E-state index contributed by atoms with van der Waals surface area (Å²) in [6.45, 7) is 1.78. The number of nitrogens with one attached hydrogen (secondary N) is 2. The lowest BCUT2D eigenvalue weighted by Crippen LogP contribution is -2.56. The molecule has 0 spiro atoms. The molecule has 2 heterocycles. The summed E-state index contributed by atoms with van der Waals surface area (Å²) in [6, 6.07) is 0.655. The summed E-state index contributed by atoms with van der Waals surface area (Å²) < 4.78 is 0. The van der Waals surface area contributed by atoms with Gasteiger partial charge in [0.2, 0.25) is 0 Å². The molecule has 4 nitrogen and oxygen atoms in total. The van der Waals surface area contributed by atoms with Crippen LogP contribution in [0.3, 0.4) is 0 Å². The van der Waals surface area contributed by atoms with Crippen LogP contribution in [0, 0.1) is 0 Å². The number of hydrogen-bond acceptors (Lipinski definition) is 4. The Kier molecular flexibility index (Phi) is 3.38. The van der Waals surface area contributed by atoms with E-state index in [0.717, 1.165) is 38.8 Å². The van der Waals surface area contributed by atoms with E-state index in [1.165, 1.54) is 0 Å². The van der Waals surface area contributed by atoms with Crippen molar-refractivity contribution in [1.82, 2.24) is 10.6 Å². The van der Waals surface area contributed by atoms with Crippen LogP contribution in [0.4, 0.5) is 0 Å². The van der Waals surface area contributed by atoms with Crippen molar-refractivity contribution in [1.29, 1.82) is 0 Å². The fraction of sp³-hybridized carbons (Fsp3) is 1.00. The third-order valence-electron chi connectivity index (χ3n) is 3.31. The van der Waals surface area contributed by atoms with Crippen LogP contribution in [0.15, 0.2) is 0 Å². The molecule has 0 amide bonds. The zero-order chi connectivity index (χ0) is 9.97.